The van der Waals surface area contributed by atoms with E-state index in [2.05, 4.69) is 0 Å². The molecule has 1 aliphatic rings. The van der Waals surface area contributed by atoms with Crippen molar-refractivity contribution >= 4 is 11.6 Å². The normalized spacial score (nSPS) is 29.6. The molecule has 0 spiro atoms. The van der Waals surface area contributed by atoms with Gasteiger partial charge in [-0.1, -0.05) is 11.6 Å². The van der Waals surface area contributed by atoms with Gasteiger partial charge in [0, 0.05) is 13.5 Å². The summed E-state index contributed by atoms with van der Waals surface area (Å²) in [4.78, 5) is 0. The molecule has 0 radical (unpaired) electrons. The molecule has 0 bridgehead atoms. The zero-order valence-electron chi connectivity index (χ0n) is 6.75. The maximum absolute atomic E-state index is 9.12. The van der Waals surface area contributed by atoms with Crippen molar-refractivity contribution in [1.29, 1.82) is 0 Å². The van der Waals surface area contributed by atoms with Crippen LogP contribution in [0.5, 0.6) is 0 Å². The number of rotatable bonds is 2. The quantitative estimate of drug-likeness (QED) is 0.691. The van der Waals surface area contributed by atoms with Crippen LogP contribution < -0.4 is 0 Å². The number of aliphatic hydroxyl groups excluding tert-OH is 2. The van der Waals surface area contributed by atoms with E-state index in [-0.39, 0.29) is 12.4 Å². The third-order valence-corrected chi connectivity index (χ3v) is 2.28. The molecule has 0 saturated carbocycles. The Kier molecular flexibility index (Phi) is 2.77. The van der Waals surface area contributed by atoms with E-state index in [1.807, 2.05) is 0 Å². The van der Waals surface area contributed by atoms with Gasteiger partial charge in [0.1, 0.15) is 11.4 Å². The molecule has 3 nitrogen and oxygen atoms in total. The van der Waals surface area contributed by atoms with E-state index < -0.39 is 5.60 Å². The van der Waals surface area contributed by atoms with Gasteiger partial charge in [0.15, 0.2) is 0 Å². The van der Waals surface area contributed by atoms with Gasteiger partial charge < -0.3 is 14.9 Å². The first-order valence-electron chi connectivity index (χ1n) is 3.56. The van der Waals surface area contributed by atoms with Crippen LogP contribution in [0.1, 0.15) is 6.42 Å². The number of hydrogen-bond acceptors (Lipinski definition) is 3. The van der Waals surface area contributed by atoms with Crippen molar-refractivity contribution in [3.63, 3.8) is 0 Å². The molecule has 0 saturated heterocycles. The topological polar surface area (TPSA) is 49.7 Å². The lowest BCUT2D eigenvalue weighted by Gasteiger charge is -2.29. The Balaban J connectivity index is 2.84. The van der Waals surface area contributed by atoms with E-state index in [1.54, 1.807) is 6.08 Å². The van der Waals surface area contributed by atoms with Crippen molar-refractivity contribution < 1.29 is 14.9 Å². The van der Waals surface area contributed by atoms with Crippen molar-refractivity contribution in [1.82, 2.24) is 0 Å². The van der Waals surface area contributed by atoms with E-state index in [9.17, 15) is 0 Å². The smallest absolute Gasteiger partial charge is 0.129 e. The summed E-state index contributed by atoms with van der Waals surface area (Å²) in [6, 6.07) is 0. The van der Waals surface area contributed by atoms with Crippen molar-refractivity contribution in [2.45, 2.75) is 12.0 Å². The van der Waals surface area contributed by atoms with Crippen LogP contribution in [-0.4, -0.2) is 29.5 Å². The minimum atomic E-state index is -0.761. The Morgan fingerprint density at radius 2 is 2.42 bits per heavy atom. The molecule has 12 heavy (non-hydrogen) atoms. The molecule has 0 aliphatic heterocycles. The van der Waals surface area contributed by atoms with Crippen LogP contribution in [-0.2, 0) is 4.74 Å². The molecule has 0 amide bonds. The summed E-state index contributed by atoms with van der Waals surface area (Å²) in [5, 5.41) is 18.4. The highest BCUT2D eigenvalue weighted by molar-refractivity contribution is 6.30. The molecular weight excluding hydrogens is 180 g/mol. The van der Waals surface area contributed by atoms with Crippen molar-refractivity contribution in [2.75, 3.05) is 13.7 Å². The molecule has 1 atom stereocenters. The lowest BCUT2D eigenvalue weighted by molar-refractivity contribution is -0.0143. The van der Waals surface area contributed by atoms with Crippen LogP contribution in [0, 0.1) is 0 Å². The number of allylic oxidation sites excluding steroid dienone is 1. The van der Waals surface area contributed by atoms with Gasteiger partial charge in [0.2, 0.25) is 0 Å². The van der Waals surface area contributed by atoms with Gasteiger partial charge in [-0.3, -0.25) is 0 Å². The van der Waals surface area contributed by atoms with Crippen LogP contribution in [0.3, 0.4) is 0 Å². The molecule has 0 aromatic heterocycles. The lowest BCUT2D eigenvalue weighted by atomic mass is 9.95. The fourth-order valence-corrected chi connectivity index (χ4v) is 1.34. The highest BCUT2D eigenvalue weighted by atomic mass is 35.5. The number of aliphatic hydroxyl groups is 2. The van der Waals surface area contributed by atoms with E-state index in [0.29, 0.717) is 11.5 Å². The van der Waals surface area contributed by atoms with E-state index in [4.69, 9.17) is 26.6 Å². The highest BCUT2D eigenvalue weighted by Gasteiger charge is 2.30. The molecular formula is C8H11ClO3. The Bertz CT molecular complexity index is 228. The number of methoxy groups -OCH3 is 1. The second-order valence-corrected chi connectivity index (χ2v) is 3.18. The third-order valence-electron chi connectivity index (χ3n) is 1.95. The molecule has 0 aromatic carbocycles. The fraction of sp³-hybridized carbons (Fsp3) is 0.500. The van der Waals surface area contributed by atoms with Crippen molar-refractivity contribution in [3.8, 4) is 0 Å². The summed E-state index contributed by atoms with van der Waals surface area (Å²) in [6.45, 7) is -0.149. The zero-order chi connectivity index (χ0) is 9.19. The predicted molar refractivity (Wildman–Crippen MR) is 46.1 cm³/mol. The molecule has 1 rings (SSSR count). The Morgan fingerprint density at radius 3 is 2.83 bits per heavy atom. The molecule has 0 aromatic rings. The molecule has 0 heterocycles. The first-order chi connectivity index (χ1) is 5.63. The minimum absolute atomic E-state index is 0.0396. The zero-order valence-corrected chi connectivity index (χ0v) is 7.51. The van der Waals surface area contributed by atoms with Crippen LogP contribution in [0.4, 0.5) is 0 Å². The maximum atomic E-state index is 9.12. The van der Waals surface area contributed by atoms with Gasteiger partial charge in [0.25, 0.3) is 0 Å². The Morgan fingerprint density at radius 1 is 1.75 bits per heavy atom. The summed E-state index contributed by atoms with van der Waals surface area (Å²) in [6.07, 6.45) is 3.35. The SMILES string of the molecule is COC1(CO)C=CC(O)=C(Cl)C1. The van der Waals surface area contributed by atoms with Crippen LogP contribution >= 0.6 is 11.6 Å². The first kappa shape index (κ1) is 9.58. The van der Waals surface area contributed by atoms with Gasteiger partial charge in [-0.25, -0.2) is 0 Å². The second kappa shape index (κ2) is 3.47. The average Bonchev–Trinajstić information content (AvgIpc) is 2.10. The first-order valence-corrected chi connectivity index (χ1v) is 3.94. The second-order valence-electron chi connectivity index (χ2n) is 2.73. The third kappa shape index (κ3) is 1.63. The van der Waals surface area contributed by atoms with Crippen LogP contribution in [0.2, 0.25) is 0 Å². The summed E-state index contributed by atoms with van der Waals surface area (Å²) < 4.78 is 5.08. The largest absolute Gasteiger partial charge is 0.507 e. The van der Waals surface area contributed by atoms with Crippen LogP contribution in [0.25, 0.3) is 0 Å². The molecule has 0 fully saturated rings. The molecule has 1 unspecified atom stereocenters. The van der Waals surface area contributed by atoms with Gasteiger partial charge in [0.05, 0.1) is 11.6 Å². The highest BCUT2D eigenvalue weighted by Crippen LogP contribution is 2.30. The van der Waals surface area contributed by atoms with Crippen molar-refractivity contribution in [2.24, 2.45) is 0 Å². The standard InChI is InChI=1S/C8H11ClO3/c1-12-8(5-10)3-2-7(11)6(9)4-8/h2-3,10-11H,4-5H2,1H3. The summed E-state index contributed by atoms with van der Waals surface area (Å²) in [5.41, 5.74) is -0.761. The lowest BCUT2D eigenvalue weighted by Crippen LogP contribution is -2.35. The summed E-state index contributed by atoms with van der Waals surface area (Å²) in [5.74, 6) is 0.0396. The van der Waals surface area contributed by atoms with Gasteiger partial charge in [-0.15, -0.1) is 0 Å². The number of halogens is 1. The summed E-state index contributed by atoms with van der Waals surface area (Å²) >= 11 is 5.70. The van der Waals surface area contributed by atoms with E-state index in [0.717, 1.165) is 0 Å². The van der Waals surface area contributed by atoms with E-state index >= 15 is 0 Å². The Hall–Kier alpha value is -0.510. The maximum Gasteiger partial charge on any atom is 0.129 e. The molecule has 2 N–H and O–H groups in total. The summed E-state index contributed by atoms with van der Waals surface area (Å²) in [7, 11) is 1.49. The van der Waals surface area contributed by atoms with Crippen molar-refractivity contribution in [3.05, 3.63) is 22.9 Å². The Labute approximate surface area is 75.9 Å². The fourth-order valence-electron chi connectivity index (χ4n) is 1.05. The van der Waals surface area contributed by atoms with Gasteiger partial charge in [-0.2, -0.15) is 0 Å². The van der Waals surface area contributed by atoms with E-state index in [1.165, 1.54) is 13.2 Å². The molecule has 1 aliphatic carbocycles. The van der Waals surface area contributed by atoms with Gasteiger partial charge >= 0.3 is 0 Å². The van der Waals surface area contributed by atoms with Gasteiger partial charge in [-0.05, 0) is 12.2 Å². The number of hydrogen-bond donors (Lipinski definition) is 2. The monoisotopic (exact) mass is 190 g/mol. The molecule has 68 valence electrons. The van der Waals surface area contributed by atoms with Crippen LogP contribution in [0.15, 0.2) is 22.9 Å². The number of ether oxygens (including phenoxy) is 1. The predicted octanol–water partition coefficient (Wildman–Crippen LogP) is 1.33. The molecule has 4 heteroatoms. The minimum Gasteiger partial charge on any atom is -0.507 e. The average molecular weight is 191 g/mol.